The minimum Gasteiger partial charge on any atom is -0.464 e. The Morgan fingerprint density at radius 2 is 2.21 bits per heavy atom. The van der Waals surface area contributed by atoms with Gasteiger partial charge in [0.2, 0.25) is 5.54 Å². The zero-order chi connectivity index (χ0) is 10.8. The van der Waals surface area contributed by atoms with Crippen molar-refractivity contribution in [2.75, 3.05) is 6.61 Å². The monoisotopic (exact) mass is 216 g/mol. The summed E-state index contributed by atoms with van der Waals surface area (Å²) in [6.45, 7) is 5.58. The molecule has 0 aromatic rings. The fourth-order valence-electron chi connectivity index (χ4n) is 1.16. The molecule has 1 aliphatic rings. The lowest BCUT2D eigenvalue weighted by Crippen LogP contribution is -2.34. The molecule has 1 heterocycles. The smallest absolute Gasteiger partial charge is 0.341 e. The van der Waals surface area contributed by atoms with E-state index in [4.69, 9.17) is 16.3 Å². The van der Waals surface area contributed by atoms with Gasteiger partial charge in [-0.05, 0) is 20.3 Å². The second-order valence-electron chi connectivity index (χ2n) is 3.11. The minimum atomic E-state index is -1.12. The van der Waals surface area contributed by atoms with Gasteiger partial charge >= 0.3 is 5.97 Å². The summed E-state index contributed by atoms with van der Waals surface area (Å²) in [4.78, 5) is 11.5. The molecule has 14 heavy (non-hydrogen) atoms. The van der Waals surface area contributed by atoms with E-state index in [2.05, 4.69) is 10.2 Å². The minimum absolute atomic E-state index is 0.315. The van der Waals surface area contributed by atoms with E-state index in [0.29, 0.717) is 23.8 Å². The number of carbonyl (C=O) groups excluding carboxylic acids is 1. The van der Waals surface area contributed by atoms with Gasteiger partial charge in [-0.15, -0.1) is 0 Å². The van der Waals surface area contributed by atoms with Crippen LogP contribution in [0.15, 0.2) is 21.0 Å². The van der Waals surface area contributed by atoms with E-state index >= 15 is 0 Å². The summed E-state index contributed by atoms with van der Waals surface area (Å²) in [5.41, 5.74) is -0.467. The number of carbonyl (C=O) groups is 1. The average molecular weight is 217 g/mol. The Kier molecular flexibility index (Phi) is 3.26. The van der Waals surface area contributed by atoms with Crippen molar-refractivity contribution in [3.8, 4) is 0 Å². The van der Waals surface area contributed by atoms with Crippen molar-refractivity contribution in [1.29, 1.82) is 0 Å². The Bertz CT molecular complexity index is 312. The van der Waals surface area contributed by atoms with Crippen LogP contribution < -0.4 is 0 Å². The Labute approximate surface area is 88.0 Å². The molecule has 0 aromatic heterocycles. The van der Waals surface area contributed by atoms with Crippen molar-refractivity contribution >= 4 is 17.6 Å². The van der Waals surface area contributed by atoms with Gasteiger partial charge in [-0.2, -0.15) is 10.2 Å². The molecule has 4 nitrogen and oxygen atoms in total. The summed E-state index contributed by atoms with van der Waals surface area (Å²) < 4.78 is 4.88. The maximum Gasteiger partial charge on any atom is 0.341 e. The lowest BCUT2D eigenvalue weighted by molar-refractivity contribution is -0.147. The standard InChI is InChI=1S/C9H13ClN2O2/c1-4-6-7(10)9(3,12-11-6)8(13)14-5-2/h4-5H2,1-3H3. The molecule has 1 aliphatic heterocycles. The van der Waals surface area contributed by atoms with Crippen molar-refractivity contribution in [2.24, 2.45) is 10.2 Å². The zero-order valence-electron chi connectivity index (χ0n) is 8.50. The molecule has 0 saturated carbocycles. The summed E-state index contributed by atoms with van der Waals surface area (Å²) in [5, 5.41) is 8.10. The molecule has 0 radical (unpaired) electrons. The van der Waals surface area contributed by atoms with Crippen molar-refractivity contribution in [1.82, 2.24) is 0 Å². The molecule has 0 aromatic carbocycles. The van der Waals surface area contributed by atoms with Crippen LogP contribution in [0.1, 0.15) is 27.2 Å². The van der Waals surface area contributed by atoms with Gasteiger partial charge in [0.15, 0.2) is 0 Å². The van der Waals surface area contributed by atoms with Crippen molar-refractivity contribution in [3.63, 3.8) is 0 Å². The van der Waals surface area contributed by atoms with Gasteiger partial charge in [0.05, 0.1) is 17.3 Å². The number of rotatable bonds is 3. The summed E-state index contributed by atoms with van der Waals surface area (Å²) >= 11 is 6.01. The normalized spacial score (nSPS) is 25.7. The van der Waals surface area contributed by atoms with Gasteiger partial charge in [0.25, 0.3) is 0 Å². The SMILES string of the molecule is CCOC(=O)C1(C)N=NC(CC)=C1Cl. The maximum atomic E-state index is 11.5. The number of ether oxygens (including phenoxy) is 1. The van der Waals surface area contributed by atoms with Crippen LogP contribution in [0.3, 0.4) is 0 Å². The van der Waals surface area contributed by atoms with Crippen LogP contribution in [0.4, 0.5) is 0 Å². The Morgan fingerprint density at radius 3 is 2.64 bits per heavy atom. The van der Waals surface area contributed by atoms with E-state index in [9.17, 15) is 4.79 Å². The largest absolute Gasteiger partial charge is 0.464 e. The van der Waals surface area contributed by atoms with Gasteiger partial charge < -0.3 is 4.74 Å². The first-order chi connectivity index (χ1) is 6.56. The number of nitrogens with zero attached hydrogens (tertiary/aromatic N) is 2. The van der Waals surface area contributed by atoms with Crippen LogP contribution in [-0.4, -0.2) is 18.1 Å². The summed E-state index contributed by atoms with van der Waals surface area (Å²) in [6, 6.07) is 0. The molecule has 1 rings (SSSR count). The van der Waals surface area contributed by atoms with Crippen LogP contribution in [0, 0.1) is 0 Å². The predicted molar refractivity (Wildman–Crippen MR) is 53.1 cm³/mol. The fourth-order valence-corrected chi connectivity index (χ4v) is 1.44. The second kappa shape index (κ2) is 4.09. The molecule has 5 heteroatoms. The van der Waals surface area contributed by atoms with Crippen LogP contribution in [0.25, 0.3) is 0 Å². The van der Waals surface area contributed by atoms with Crippen LogP contribution >= 0.6 is 11.6 Å². The molecule has 0 amide bonds. The van der Waals surface area contributed by atoms with Gasteiger partial charge in [-0.1, -0.05) is 18.5 Å². The summed E-state index contributed by atoms with van der Waals surface area (Å²) in [6.07, 6.45) is 0.664. The molecule has 0 bridgehead atoms. The Balaban J connectivity index is 2.93. The summed E-state index contributed by atoms with van der Waals surface area (Å²) in [7, 11) is 0. The van der Waals surface area contributed by atoms with E-state index in [0.717, 1.165) is 0 Å². The molecule has 0 fully saturated rings. The molecule has 0 saturated heterocycles. The van der Waals surface area contributed by atoms with Crippen LogP contribution in [0.2, 0.25) is 0 Å². The van der Waals surface area contributed by atoms with E-state index in [-0.39, 0.29) is 0 Å². The lowest BCUT2D eigenvalue weighted by atomic mass is 10.0. The lowest BCUT2D eigenvalue weighted by Gasteiger charge is -2.17. The fraction of sp³-hybridized carbons (Fsp3) is 0.667. The quantitative estimate of drug-likeness (QED) is 0.681. The molecule has 0 spiro atoms. The predicted octanol–water partition coefficient (Wildman–Crippen LogP) is 2.63. The third-order valence-corrected chi connectivity index (χ3v) is 2.65. The number of hydrogen-bond donors (Lipinski definition) is 0. The highest BCUT2D eigenvalue weighted by molar-refractivity contribution is 6.33. The molecule has 1 atom stereocenters. The van der Waals surface area contributed by atoms with Gasteiger partial charge in [0.1, 0.15) is 0 Å². The molecular weight excluding hydrogens is 204 g/mol. The van der Waals surface area contributed by atoms with E-state index in [1.807, 2.05) is 6.92 Å². The van der Waals surface area contributed by atoms with Gasteiger partial charge in [-0.3, -0.25) is 0 Å². The third kappa shape index (κ3) is 1.66. The summed E-state index contributed by atoms with van der Waals surface area (Å²) in [5.74, 6) is -0.447. The van der Waals surface area contributed by atoms with E-state index < -0.39 is 11.5 Å². The van der Waals surface area contributed by atoms with Crippen molar-refractivity contribution in [3.05, 3.63) is 10.7 Å². The average Bonchev–Trinajstić information content (AvgIpc) is 2.45. The highest BCUT2D eigenvalue weighted by atomic mass is 35.5. The van der Waals surface area contributed by atoms with Crippen molar-refractivity contribution in [2.45, 2.75) is 32.7 Å². The molecule has 1 unspecified atom stereocenters. The Hall–Kier alpha value is -0.900. The van der Waals surface area contributed by atoms with Gasteiger partial charge in [0, 0.05) is 0 Å². The van der Waals surface area contributed by atoms with Crippen LogP contribution in [0.5, 0.6) is 0 Å². The molecular formula is C9H13ClN2O2. The Morgan fingerprint density at radius 1 is 1.57 bits per heavy atom. The number of halogens is 1. The van der Waals surface area contributed by atoms with Crippen molar-refractivity contribution < 1.29 is 9.53 Å². The number of azo groups is 1. The first-order valence-corrected chi connectivity index (χ1v) is 4.93. The van der Waals surface area contributed by atoms with Gasteiger partial charge in [-0.25, -0.2) is 4.79 Å². The topological polar surface area (TPSA) is 51.0 Å². The first-order valence-electron chi connectivity index (χ1n) is 4.55. The number of hydrogen-bond acceptors (Lipinski definition) is 4. The highest BCUT2D eigenvalue weighted by Crippen LogP contribution is 2.37. The van der Waals surface area contributed by atoms with E-state index in [1.54, 1.807) is 13.8 Å². The second-order valence-corrected chi connectivity index (χ2v) is 3.48. The molecule has 0 N–H and O–H groups in total. The van der Waals surface area contributed by atoms with Crippen LogP contribution in [-0.2, 0) is 9.53 Å². The maximum absolute atomic E-state index is 11.5. The molecule has 0 aliphatic carbocycles. The third-order valence-electron chi connectivity index (χ3n) is 2.06. The number of allylic oxidation sites excluding steroid dienone is 1. The molecule has 78 valence electrons. The van der Waals surface area contributed by atoms with E-state index in [1.165, 1.54) is 0 Å². The first kappa shape index (κ1) is 11.2. The number of esters is 1. The highest BCUT2D eigenvalue weighted by Gasteiger charge is 2.43. The zero-order valence-corrected chi connectivity index (χ0v) is 9.26.